The van der Waals surface area contributed by atoms with E-state index in [1.165, 1.54) is 34.6 Å². The highest BCUT2D eigenvalue weighted by atomic mass is 35.5. The third-order valence-electron chi connectivity index (χ3n) is 8.62. The molecule has 2 saturated heterocycles. The van der Waals surface area contributed by atoms with Gasteiger partial charge in [-0.2, -0.15) is 0 Å². The molecule has 2 fully saturated rings. The van der Waals surface area contributed by atoms with E-state index in [4.69, 9.17) is 85.2 Å². The van der Waals surface area contributed by atoms with Crippen molar-refractivity contribution in [1.82, 2.24) is 0 Å². The van der Waals surface area contributed by atoms with Gasteiger partial charge in [0.25, 0.3) is 0 Å². The van der Waals surface area contributed by atoms with Crippen molar-refractivity contribution in [3.8, 4) is 0 Å². The summed E-state index contributed by atoms with van der Waals surface area (Å²) in [4.78, 5) is 55.9. The van der Waals surface area contributed by atoms with Crippen LogP contribution in [0.5, 0.6) is 0 Å². The van der Waals surface area contributed by atoms with E-state index in [1.807, 2.05) is 27.7 Å². The number of hydrogen-bond acceptors (Lipinski definition) is 18. The molecule has 10 atom stereocenters. The van der Waals surface area contributed by atoms with Crippen LogP contribution < -0.4 is 0 Å². The first-order chi connectivity index (χ1) is 27.5. The molecule has 58 heavy (non-hydrogen) atoms. The van der Waals surface area contributed by atoms with Crippen molar-refractivity contribution in [2.24, 2.45) is 23.7 Å². The lowest BCUT2D eigenvalue weighted by Crippen LogP contribution is -2.53. The predicted molar refractivity (Wildman–Crippen MR) is 208 cm³/mol. The van der Waals surface area contributed by atoms with Gasteiger partial charge in [-0.3, -0.25) is 24.0 Å². The van der Waals surface area contributed by atoms with Gasteiger partial charge in [-0.15, -0.1) is 23.2 Å². The zero-order valence-corrected chi connectivity index (χ0v) is 36.8. The Hall–Kier alpha value is -2.39. The average Bonchev–Trinajstić information content (AvgIpc) is 3.15. The molecular weight excluding hydrogens is 815 g/mol. The van der Waals surface area contributed by atoms with Crippen molar-refractivity contribution in [3.05, 3.63) is 0 Å². The number of aliphatic hydroxyl groups excluding tert-OH is 1. The van der Waals surface area contributed by atoms with Crippen LogP contribution in [0.25, 0.3) is 0 Å². The summed E-state index contributed by atoms with van der Waals surface area (Å²) in [6.45, 7) is 18.4. The second-order valence-corrected chi connectivity index (χ2v) is 14.1. The molecule has 1 N–H and O–H groups in total. The third kappa shape index (κ3) is 25.3. The first-order valence-corrected chi connectivity index (χ1v) is 20.3. The van der Waals surface area contributed by atoms with Crippen molar-refractivity contribution in [1.29, 1.82) is 0 Å². The molecule has 0 radical (unpaired) electrons. The Bertz CT molecular complexity index is 1140. The minimum atomic E-state index is -0.759. The summed E-state index contributed by atoms with van der Waals surface area (Å²) in [7, 11) is 0. The SMILES string of the molecule is CC(=O)OCC1OC(OC(C)=O)C(C)[C@@H](C)[C@H]1OC(C)=O.CC(=O)OCC1O[C@@H](OCCOCCOCCCl)C(C)[C@@H](C)[C@H]1OC(C)=O.OCCOCCOCCCl. The molecule has 20 heteroatoms. The van der Waals surface area contributed by atoms with Crippen molar-refractivity contribution in [2.75, 3.05) is 91.0 Å². The van der Waals surface area contributed by atoms with E-state index in [9.17, 15) is 24.0 Å². The lowest BCUT2D eigenvalue weighted by atomic mass is 9.84. The van der Waals surface area contributed by atoms with E-state index >= 15 is 0 Å². The number of alkyl halides is 2. The van der Waals surface area contributed by atoms with E-state index in [-0.39, 0.29) is 43.5 Å². The maximum Gasteiger partial charge on any atom is 0.304 e. The molecule has 0 aromatic carbocycles. The molecule has 0 aliphatic carbocycles. The highest BCUT2D eigenvalue weighted by Gasteiger charge is 2.46. The predicted octanol–water partition coefficient (Wildman–Crippen LogP) is 3.06. The molecule has 0 saturated carbocycles. The number of halogens is 2. The molecule has 2 aliphatic heterocycles. The van der Waals surface area contributed by atoms with Crippen LogP contribution >= 0.6 is 23.2 Å². The second-order valence-electron chi connectivity index (χ2n) is 13.3. The van der Waals surface area contributed by atoms with E-state index in [1.54, 1.807) is 0 Å². The second kappa shape index (κ2) is 33.3. The van der Waals surface area contributed by atoms with Gasteiger partial charge < -0.3 is 61.9 Å². The molecule has 0 spiro atoms. The molecule has 0 amide bonds. The van der Waals surface area contributed by atoms with E-state index in [0.29, 0.717) is 71.2 Å². The maximum absolute atomic E-state index is 11.4. The number of ether oxygens (including phenoxy) is 12. The zero-order chi connectivity index (χ0) is 44.0. The van der Waals surface area contributed by atoms with Crippen LogP contribution in [0.2, 0.25) is 0 Å². The number of hydrogen-bond donors (Lipinski definition) is 1. The lowest BCUT2D eigenvalue weighted by Gasteiger charge is -2.43. The largest absolute Gasteiger partial charge is 0.463 e. The summed E-state index contributed by atoms with van der Waals surface area (Å²) in [5, 5.41) is 8.28. The van der Waals surface area contributed by atoms with E-state index < -0.39 is 66.8 Å². The van der Waals surface area contributed by atoms with Crippen LogP contribution in [0, 0.1) is 23.7 Å². The lowest BCUT2D eigenvalue weighted by molar-refractivity contribution is -0.275. The maximum atomic E-state index is 11.4. The van der Waals surface area contributed by atoms with Crippen molar-refractivity contribution >= 4 is 53.0 Å². The molecule has 340 valence electrons. The van der Waals surface area contributed by atoms with Gasteiger partial charge in [0, 0.05) is 70.1 Å². The quantitative estimate of drug-likeness (QED) is 0.0675. The van der Waals surface area contributed by atoms with Gasteiger partial charge in [-0.25, -0.2) is 0 Å². The first-order valence-electron chi connectivity index (χ1n) is 19.2. The highest BCUT2D eigenvalue weighted by molar-refractivity contribution is 6.18. The molecule has 2 aliphatic rings. The van der Waals surface area contributed by atoms with Gasteiger partial charge in [0.1, 0.15) is 37.6 Å². The number of aliphatic hydroxyl groups is 1. The van der Waals surface area contributed by atoms with Gasteiger partial charge in [0.2, 0.25) is 6.29 Å². The Morgan fingerprint density at radius 3 is 1.22 bits per heavy atom. The molecular formula is C38H66Cl2O18. The summed E-state index contributed by atoms with van der Waals surface area (Å²) in [5.41, 5.74) is 0. The third-order valence-corrected chi connectivity index (χ3v) is 8.93. The Kier molecular flexibility index (Phi) is 32.0. The van der Waals surface area contributed by atoms with Gasteiger partial charge >= 0.3 is 29.8 Å². The molecule has 2 rings (SSSR count). The summed E-state index contributed by atoms with van der Waals surface area (Å²) < 4.78 is 63.7. The summed E-state index contributed by atoms with van der Waals surface area (Å²) in [6, 6.07) is 0. The summed E-state index contributed by atoms with van der Waals surface area (Å²) in [5.74, 6) is -1.55. The zero-order valence-electron chi connectivity index (χ0n) is 35.3. The monoisotopic (exact) mass is 880 g/mol. The van der Waals surface area contributed by atoms with Crippen molar-refractivity contribution < 1.29 is 85.9 Å². The minimum Gasteiger partial charge on any atom is -0.463 e. The standard InChI is InChI=1S/C18H31ClO8.C14H22O7.C6H13ClO3/c1-12-13(2)18(24-10-9-23-8-7-22-6-5-19)27-16(11-25-14(3)20)17(12)26-15(4)21;1-7-8(2)14(20-11(5)17)21-12(6-18-9(3)15)13(7)19-10(4)16;7-1-3-9-5-6-10-4-2-8/h12-13,16-18H,5-11H2,1-4H3;7-8,12-14H,6H2,1-5H3;8H,1-6H2/t12-,13?,16?,17-,18-;7-,8?,12?,13-,14?;/m11./s1. The van der Waals surface area contributed by atoms with Gasteiger partial charge in [0.05, 0.1) is 66.1 Å². The van der Waals surface area contributed by atoms with Gasteiger partial charge in [0.15, 0.2) is 6.29 Å². The van der Waals surface area contributed by atoms with Gasteiger partial charge in [-0.1, -0.05) is 27.7 Å². The minimum absolute atomic E-state index is 0.00138. The highest BCUT2D eigenvalue weighted by Crippen LogP contribution is 2.35. The fourth-order valence-electron chi connectivity index (χ4n) is 5.47. The Morgan fingerprint density at radius 2 is 0.845 bits per heavy atom. The van der Waals surface area contributed by atoms with Crippen LogP contribution in [0.15, 0.2) is 0 Å². The summed E-state index contributed by atoms with van der Waals surface area (Å²) >= 11 is 10.8. The summed E-state index contributed by atoms with van der Waals surface area (Å²) in [6.07, 6.45) is -3.60. The average molecular weight is 882 g/mol. The molecule has 0 aromatic rings. The molecule has 0 bridgehead atoms. The fourth-order valence-corrected chi connectivity index (χ4v) is 5.68. The Morgan fingerprint density at radius 1 is 0.483 bits per heavy atom. The number of carbonyl (C=O) groups is 5. The molecule has 18 nitrogen and oxygen atoms in total. The number of esters is 5. The first kappa shape index (κ1) is 55.6. The number of rotatable bonds is 23. The van der Waals surface area contributed by atoms with Crippen LogP contribution in [-0.4, -0.2) is 163 Å². The topological polar surface area (TPSA) is 216 Å². The van der Waals surface area contributed by atoms with Crippen LogP contribution in [0.3, 0.4) is 0 Å². The molecule has 0 aromatic heterocycles. The molecule has 5 unspecified atom stereocenters. The van der Waals surface area contributed by atoms with Crippen molar-refractivity contribution in [2.45, 2.75) is 99.3 Å². The smallest absolute Gasteiger partial charge is 0.304 e. The fraction of sp³-hybridized carbons (Fsp3) is 0.868. The van der Waals surface area contributed by atoms with Gasteiger partial charge in [-0.05, 0) is 0 Å². The molecule has 2 heterocycles. The van der Waals surface area contributed by atoms with Crippen LogP contribution in [0.1, 0.15) is 62.3 Å². The van der Waals surface area contributed by atoms with Crippen molar-refractivity contribution in [3.63, 3.8) is 0 Å². The Labute approximate surface area is 352 Å². The van der Waals surface area contributed by atoms with Crippen LogP contribution in [0.4, 0.5) is 0 Å². The Balaban J connectivity index is 0.000000927. The van der Waals surface area contributed by atoms with Crippen LogP contribution in [-0.2, 0) is 80.8 Å². The van der Waals surface area contributed by atoms with E-state index in [0.717, 1.165) is 0 Å². The van der Waals surface area contributed by atoms with E-state index in [2.05, 4.69) is 0 Å². The number of carbonyl (C=O) groups excluding carboxylic acids is 5. The normalized spacial score (nSPS) is 26.4.